The zero-order valence-electron chi connectivity index (χ0n) is 11.1. The number of fused-ring (bicyclic) bond motifs is 1. The van der Waals surface area contributed by atoms with Crippen LogP contribution in [0.25, 0.3) is 10.8 Å². The van der Waals surface area contributed by atoms with Crippen molar-refractivity contribution in [3.63, 3.8) is 0 Å². The van der Waals surface area contributed by atoms with E-state index in [1.54, 1.807) is 0 Å². The second-order valence-corrected chi connectivity index (χ2v) is 5.49. The number of nitrogen functional groups attached to an aromatic ring is 1. The number of rotatable bonds is 3. The zero-order valence-corrected chi connectivity index (χ0v) is 11.1. The van der Waals surface area contributed by atoms with Crippen molar-refractivity contribution in [1.29, 1.82) is 0 Å². The fourth-order valence-corrected chi connectivity index (χ4v) is 2.69. The van der Waals surface area contributed by atoms with Crippen molar-refractivity contribution in [2.45, 2.75) is 31.7 Å². The maximum atomic E-state index is 9.58. The number of benzene rings is 1. The third-order valence-corrected chi connectivity index (χ3v) is 4.08. The Bertz CT molecular complexity index is 615. The molecule has 1 aromatic carbocycles. The van der Waals surface area contributed by atoms with Crippen LogP contribution in [0.15, 0.2) is 24.4 Å². The first-order valence-electron chi connectivity index (χ1n) is 6.67. The summed E-state index contributed by atoms with van der Waals surface area (Å²) in [7, 11) is 0. The number of aliphatic hydroxyl groups excluding tert-OH is 1. The molecule has 100 valence electrons. The number of aryl methyl sites for hydroxylation is 1. The molecule has 0 spiro atoms. The van der Waals surface area contributed by atoms with Crippen LogP contribution < -0.4 is 11.1 Å². The first-order chi connectivity index (χ1) is 9.13. The van der Waals surface area contributed by atoms with Gasteiger partial charge in [0.2, 0.25) is 0 Å². The van der Waals surface area contributed by atoms with Gasteiger partial charge in [-0.2, -0.15) is 0 Å². The lowest BCUT2D eigenvalue weighted by Gasteiger charge is -2.42. The van der Waals surface area contributed by atoms with Gasteiger partial charge in [-0.3, -0.25) is 4.98 Å². The minimum absolute atomic E-state index is 0.153. The number of nitrogens with zero attached hydrogens (tertiary/aromatic N) is 1. The molecule has 0 amide bonds. The molecule has 1 aliphatic rings. The highest BCUT2D eigenvalue weighted by Gasteiger charge is 2.36. The fraction of sp³-hybridized carbons (Fsp3) is 0.400. The Morgan fingerprint density at radius 2 is 2.16 bits per heavy atom. The van der Waals surface area contributed by atoms with Crippen molar-refractivity contribution in [2.24, 2.45) is 0 Å². The molecule has 2 aromatic rings. The predicted molar refractivity (Wildman–Crippen MR) is 78.2 cm³/mol. The van der Waals surface area contributed by atoms with Crippen LogP contribution in [-0.2, 0) is 0 Å². The third kappa shape index (κ3) is 2.02. The minimum atomic E-state index is -0.153. The summed E-state index contributed by atoms with van der Waals surface area (Å²) in [6, 6.07) is 5.93. The van der Waals surface area contributed by atoms with E-state index in [1.165, 1.54) is 6.42 Å². The Labute approximate surface area is 112 Å². The van der Waals surface area contributed by atoms with E-state index >= 15 is 0 Å². The summed E-state index contributed by atoms with van der Waals surface area (Å²) >= 11 is 0. The fourth-order valence-electron chi connectivity index (χ4n) is 2.69. The van der Waals surface area contributed by atoms with E-state index in [-0.39, 0.29) is 12.1 Å². The van der Waals surface area contributed by atoms with Gasteiger partial charge in [0.15, 0.2) is 0 Å². The Kier molecular flexibility index (Phi) is 2.82. The monoisotopic (exact) mass is 257 g/mol. The molecule has 0 unspecified atom stereocenters. The van der Waals surface area contributed by atoms with E-state index in [0.29, 0.717) is 0 Å². The predicted octanol–water partition coefficient (Wildman–Crippen LogP) is 2.45. The Morgan fingerprint density at radius 1 is 1.37 bits per heavy atom. The average Bonchev–Trinajstić information content (AvgIpc) is 2.36. The van der Waals surface area contributed by atoms with Crippen molar-refractivity contribution >= 4 is 22.1 Å². The number of nitrogens with one attached hydrogen (secondary N) is 1. The molecule has 0 atom stereocenters. The largest absolute Gasteiger partial charge is 0.398 e. The Balaban J connectivity index is 2.08. The van der Waals surface area contributed by atoms with Gasteiger partial charge in [0.25, 0.3) is 0 Å². The molecule has 4 heteroatoms. The van der Waals surface area contributed by atoms with Gasteiger partial charge in [0.05, 0.1) is 12.1 Å². The van der Waals surface area contributed by atoms with Crippen LogP contribution in [0, 0.1) is 6.92 Å². The maximum Gasteiger partial charge on any atom is 0.0661 e. The summed E-state index contributed by atoms with van der Waals surface area (Å²) in [5.41, 5.74) is 8.58. The standard InChI is InChI=1S/C15H19N3O/c1-10-7-11-12(8-17-10)13(16)3-4-14(11)18-15(9-19)5-2-6-15/h3-4,7-8,18-19H,2,5-6,9,16H2,1H3. The van der Waals surface area contributed by atoms with Gasteiger partial charge < -0.3 is 16.2 Å². The number of aliphatic hydroxyl groups is 1. The van der Waals surface area contributed by atoms with Crippen LogP contribution in [0.5, 0.6) is 0 Å². The topological polar surface area (TPSA) is 71.2 Å². The molecule has 0 radical (unpaired) electrons. The lowest BCUT2D eigenvalue weighted by molar-refractivity contribution is 0.144. The Morgan fingerprint density at radius 3 is 2.79 bits per heavy atom. The highest BCUT2D eigenvalue weighted by Crippen LogP contribution is 2.37. The molecule has 1 saturated carbocycles. The Hall–Kier alpha value is -1.81. The first-order valence-corrected chi connectivity index (χ1v) is 6.67. The number of nitrogens with two attached hydrogens (primary N) is 1. The van der Waals surface area contributed by atoms with E-state index in [1.807, 2.05) is 31.3 Å². The highest BCUT2D eigenvalue weighted by atomic mass is 16.3. The minimum Gasteiger partial charge on any atom is -0.398 e. The number of hydrogen-bond acceptors (Lipinski definition) is 4. The number of aromatic nitrogens is 1. The van der Waals surface area contributed by atoms with Crippen molar-refractivity contribution in [2.75, 3.05) is 17.7 Å². The van der Waals surface area contributed by atoms with Gasteiger partial charge in [0.1, 0.15) is 0 Å². The van der Waals surface area contributed by atoms with Crippen LogP contribution in [0.3, 0.4) is 0 Å². The molecule has 1 aromatic heterocycles. The molecule has 1 heterocycles. The zero-order chi connectivity index (χ0) is 13.5. The number of hydrogen-bond donors (Lipinski definition) is 3. The van der Waals surface area contributed by atoms with Crippen LogP contribution >= 0.6 is 0 Å². The van der Waals surface area contributed by atoms with Crippen molar-refractivity contribution in [3.05, 3.63) is 30.1 Å². The van der Waals surface area contributed by atoms with Crippen LogP contribution in [0.2, 0.25) is 0 Å². The molecule has 1 fully saturated rings. The molecule has 19 heavy (non-hydrogen) atoms. The second kappa shape index (κ2) is 4.38. The van der Waals surface area contributed by atoms with Gasteiger partial charge >= 0.3 is 0 Å². The average molecular weight is 257 g/mol. The van der Waals surface area contributed by atoms with E-state index in [0.717, 1.165) is 40.7 Å². The molecule has 4 N–H and O–H groups in total. The number of anilines is 2. The summed E-state index contributed by atoms with van der Waals surface area (Å²) < 4.78 is 0. The maximum absolute atomic E-state index is 9.58. The highest BCUT2D eigenvalue weighted by molar-refractivity contribution is 6.01. The van der Waals surface area contributed by atoms with Gasteiger partial charge in [-0.15, -0.1) is 0 Å². The van der Waals surface area contributed by atoms with Crippen LogP contribution in [-0.4, -0.2) is 22.2 Å². The van der Waals surface area contributed by atoms with E-state index < -0.39 is 0 Å². The summed E-state index contributed by atoms with van der Waals surface area (Å²) in [6.45, 7) is 2.14. The lowest BCUT2D eigenvalue weighted by atomic mass is 9.77. The summed E-state index contributed by atoms with van der Waals surface area (Å²) in [5, 5.41) is 15.1. The van der Waals surface area contributed by atoms with E-state index in [2.05, 4.69) is 10.3 Å². The second-order valence-electron chi connectivity index (χ2n) is 5.49. The van der Waals surface area contributed by atoms with Crippen LogP contribution in [0.4, 0.5) is 11.4 Å². The quantitative estimate of drug-likeness (QED) is 0.739. The van der Waals surface area contributed by atoms with Gasteiger partial charge in [-0.1, -0.05) is 0 Å². The van der Waals surface area contributed by atoms with Gasteiger partial charge in [-0.25, -0.2) is 0 Å². The van der Waals surface area contributed by atoms with Crippen LogP contribution in [0.1, 0.15) is 25.0 Å². The molecule has 4 nitrogen and oxygen atoms in total. The van der Waals surface area contributed by atoms with Gasteiger partial charge in [0, 0.05) is 34.0 Å². The molecule has 0 bridgehead atoms. The normalized spacial score (nSPS) is 17.2. The molecular formula is C15H19N3O. The first kappa shape index (κ1) is 12.2. The summed E-state index contributed by atoms with van der Waals surface area (Å²) in [4.78, 5) is 4.30. The van der Waals surface area contributed by atoms with E-state index in [9.17, 15) is 5.11 Å². The molecule has 3 rings (SSSR count). The van der Waals surface area contributed by atoms with Crippen molar-refractivity contribution < 1.29 is 5.11 Å². The van der Waals surface area contributed by atoms with Gasteiger partial charge in [-0.05, 0) is 44.4 Å². The molecule has 1 aliphatic carbocycles. The van der Waals surface area contributed by atoms with E-state index in [4.69, 9.17) is 5.73 Å². The lowest BCUT2D eigenvalue weighted by Crippen LogP contribution is -2.48. The third-order valence-electron chi connectivity index (χ3n) is 4.08. The summed E-state index contributed by atoms with van der Waals surface area (Å²) in [5.74, 6) is 0. The smallest absolute Gasteiger partial charge is 0.0661 e. The SMILES string of the molecule is Cc1cc2c(NC3(CO)CCC3)ccc(N)c2cn1. The molecule has 0 aliphatic heterocycles. The van der Waals surface area contributed by atoms with Crippen molar-refractivity contribution in [1.82, 2.24) is 4.98 Å². The van der Waals surface area contributed by atoms with Crippen molar-refractivity contribution in [3.8, 4) is 0 Å². The molecule has 0 saturated heterocycles. The summed E-state index contributed by atoms with van der Waals surface area (Å²) in [6.07, 6.45) is 5.01. The number of pyridine rings is 1. The molecular weight excluding hydrogens is 238 g/mol.